The van der Waals surface area contributed by atoms with Gasteiger partial charge in [-0.15, -0.1) is 0 Å². The normalized spacial score (nSPS) is 27.4. The van der Waals surface area contributed by atoms with Crippen molar-refractivity contribution >= 4 is 10.0 Å². The lowest BCUT2D eigenvalue weighted by atomic mass is 10.0. The minimum atomic E-state index is -3.42. The lowest BCUT2D eigenvalue weighted by Crippen LogP contribution is -2.32. The molecule has 2 aliphatic heterocycles. The molecular formula is C13H22N4O2S. The van der Waals surface area contributed by atoms with Crippen LogP contribution in [0, 0.1) is 17.8 Å². The molecule has 2 atom stereocenters. The molecule has 2 fully saturated rings. The van der Waals surface area contributed by atoms with E-state index in [9.17, 15) is 8.42 Å². The monoisotopic (exact) mass is 298 g/mol. The zero-order chi connectivity index (χ0) is 14.3. The first-order valence-electron chi connectivity index (χ1n) is 7.19. The van der Waals surface area contributed by atoms with Crippen LogP contribution in [-0.2, 0) is 16.6 Å². The maximum absolute atomic E-state index is 12.6. The Labute approximate surface area is 120 Å². The number of imidazole rings is 1. The summed E-state index contributed by atoms with van der Waals surface area (Å²) in [5.74, 6) is 1.39. The Bertz CT molecular complexity index is 569. The van der Waals surface area contributed by atoms with Crippen LogP contribution in [0.15, 0.2) is 17.6 Å². The molecule has 0 bridgehead atoms. The van der Waals surface area contributed by atoms with Gasteiger partial charge in [0.15, 0.2) is 5.03 Å². The van der Waals surface area contributed by atoms with Crippen LogP contribution < -0.4 is 5.32 Å². The fourth-order valence-electron chi connectivity index (χ4n) is 3.14. The molecule has 0 aromatic carbocycles. The van der Waals surface area contributed by atoms with Crippen molar-refractivity contribution < 1.29 is 8.42 Å². The molecule has 20 heavy (non-hydrogen) atoms. The number of hydrogen-bond donors (Lipinski definition) is 1. The van der Waals surface area contributed by atoms with E-state index < -0.39 is 10.0 Å². The van der Waals surface area contributed by atoms with Gasteiger partial charge < -0.3 is 9.88 Å². The van der Waals surface area contributed by atoms with Gasteiger partial charge in [0.2, 0.25) is 0 Å². The number of hydrogen-bond acceptors (Lipinski definition) is 4. The highest BCUT2D eigenvalue weighted by atomic mass is 32.2. The average molecular weight is 298 g/mol. The minimum Gasteiger partial charge on any atom is -0.336 e. The molecule has 0 amide bonds. The zero-order valence-corrected chi connectivity index (χ0v) is 12.8. The Kier molecular flexibility index (Phi) is 3.60. The molecule has 0 unspecified atom stereocenters. The van der Waals surface area contributed by atoms with Crippen LogP contribution >= 0.6 is 0 Å². The first kappa shape index (κ1) is 14.0. The second-order valence-corrected chi connectivity index (χ2v) is 8.19. The largest absolute Gasteiger partial charge is 0.336 e. The van der Waals surface area contributed by atoms with Crippen molar-refractivity contribution in [2.24, 2.45) is 17.8 Å². The van der Waals surface area contributed by atoms with Crippen LogP contribution in [-0.4, -0.2) is 48.5 Å². The molecule has 1 aromatic heterocycles. The zero-order valence-electron chi connectivity index (χ0n) is 12.0. The highest BCUT2D eigenvalue weighted by molar-refractivity contribution is 7.89. The van der Waals surface area contributed by atoms with E-state index in [-0.39, 0.29) is 5.03 Å². The smallest absolute Gasteiger partial charge is 0.262 e. The summed E-state index contributed by atoms with van der Waals surface area (Å²) < 4.78 is 28.6. The van der Waals surface area contributed by atoms with Crippen LogP contribution in [0.4, 0.5) is 0 Å². The third-order valence-corrected chi connectivity index (χ3v) is 5.86. The van der Waals surface area contributed by atoms with E-state index in [1.165, 1.54) is 0 Å². The van der Waals surface area contributed by atoms with E-state index in [1.807, 2.05) is 4.57 Å². The minimum absolute atomic E-state index is 0.186. The Morgan fingerprint density at radius 3 is 2.60 bits per heavy atom. The van der Waals surface area contributed by atoms with E-state index in [2.05, 4.69) is 24.1 Å². The summed E-state index contributed by atoms with van der Waals surface area (Å²) in [7, 11) is -3.42. The summed E-state index contributed by atoms with van der Waals surface area (Å²) in [6.45, 7) is 8.09. The van der Waals surface area contributed by atoms with E-state index in [0.717, 1.165) is 19.6 Å². The summed E-state index contributed by atoms with van der Waals surface area (Å²) in [4.78, 5) is 4.10. The van der Waals surface area contributed by atoms with Gasteiger partial charge in [0.25, 0.3) is 10.0 Å². The molecule has 3 rings (SSSR count). The van der Waals surface area contributed by atoms with Gasteiger partial charge in [-0.1, -0.05) is 13.8 Å². The van der Waals surface area contributed by atoms with Gasteiger partial charge in [0.1, 0.15) is 0 Å². The van der Waals surface area contributed by atoms with Crippen molar-refractivity contribution in [1.82, 2.24) is 19.2 Å². The van der Waals surface area contributed by atoms with Crippen LogP contribution in [0.3, 0.4) is 0 Å². The number of aromatic nitrogens is 2. The molecule has 1 N–H and O–H groups in total. The molecule has 0 saturated carbocycles. The van der Waals surface area contributed by atoms with E-state index in [4.69, 9.17) is 0 Å². The number of rotatable bonds is 4. The van der Waals surface area contributed by atoms with Crippen molar-refractivity contribution in [3.05, 3.63) is 12.5 Å². The van der Waals surface area contributed by atoms with Crippen molar-refractivity contribution in [3.63, 3.8) is 0 Å². The van der Waals surface area contributed by atoms with Crippen LogP contribution in [0.2, 0.25) is 0 Å². The Morgan fingerprint density at radius 2 is 2.00 bits per heavy atom. The highest BCUT2D eigenvalue weighted by Gasteiger charge is 2.42. The molecular weight excluding hydrogens is 276 g/mol. The molecule has 2 saturated heterocycles. The van der Waals surface area contributed by atoms with Gasteiger partial charge in [0, 0.05) is 25.8 Å². The molecule has 2 aliphatic rings. The Hall–Kier alpha value is -0.920. The topological polar surface area (TPSA) is 67.2 Å². The fraction of sp³-hybridized carbons (Fsp3) is 0.769. The van der Waals surface area contributed by atoms with E-state index in [0.29, 0.717) is 30.8 Å². The Balaban J connectivity index is 1.76. The third kappa shape index (κ3) is 2.49. The van der Waals surface area contributed by atoms with Gasteiger partial charge in [-0.05, 0) is 30.8 Å². The number of fused-ring (bicyclic) bond motifs is 1. The first-order valence-corrected chi connectivity index (χ1v) is 8.63. The maximum atomic E-state index is 12.6. The average Bonchev–Trinajstić information content (AvgIpc) is 3.00. The number of nitrogens with one attached hydrogen (secondary N) is 1. The summed E-state index contributed by atoms with van der Waals surface area (Å²) in [5.41, 5.74) is 0. The predicted molar refractivity (Wildman–Crippen MR) is 75.7 cm³/mol. The second kappa shape index (κ2) is 5.13. The van der Waals surface area contributed by atoms with Crippen molar-refractivity contribution in [2.45, 2.75) is 25.4 Å². The molecule has 0 spiro atoms. The van der Waals surface area contributed by atoms with Gasteiger partial charge in [-0.3, -0.25) is 0 Å². The van der Waals surface area contributed by atoms with Crippen LogP contribution in [0.5, 0.6) is 0 Å². The predicted octanol–water partition coefficient (Wildman–Crippen LogP) is 0.379. The maximum Gasteiger partial charge on any atom is 0.262 e. The van der Waals surface area contributed by atoms with Gasteiger partial charge >= 0.3 is 0 Å². The SMILES string of the molecule is CC(C)Cn1cnc(S(=O)(=O)N2C[C@H]3CNC[C@H]3C2)c1. The first-order chi connectivity index (χ1) is 9.46. The molecule has 7 heteroatoms. The van der Waals surface area contributed by atoms with E-state index >= 15 is 0 Å². The highest BCUT2D eigenvalue weighted by Crippen LogP contribution is 2.30. The molecule has 0 aliphatic carbocycles. The molecule has 1 aromatic rings. The molecule has 0 radical (unpaired) electrons. The molecule has 112 valence electrons. The number of nitrogens with zero attached hydrogens (tertiary/aromatic N) is 3. The lowest BCUT2D eigenvalue weighted by Gasteiger charge is -2.15. The van der Waals surface area contributed by atoms with Crippen molar-refractivity contribution in [1.29, 1.82) is 0 Å². The van der Waals surface area contributed by atoms with E-state index in [1.54, 1.807) is 16.8 Å². The molecule has 6 nitrogen and oxygen atoms in total. The van der Waals surface area contributed by atoms with Gasteiger partial charge in [0.05, 0.1) is 6.33 Å². The standard InChI is InChI=1S/C13H22N4O2S/c1-10(2)5-16-8-13(15-9-16)20(18,19)17-6-11-3-14-4-12(11)7-17/h8-12,14H,3-7H2,1-2H3/t11-,12+. The van der Waals surface area contributed by atoms with Crippen molar-refractivity contribution in [3.8, 4) is 0 Å². The summed E-state index contributed by atoms with van der Waals surface area (Å²) in [6.07, 6.45) is 3.27. The van der Waals surface area contributed by atoms with Crippen LogP contribution in [0.25, 0.3) is 0 Å². The Morgan fingerprint density at radius 1 is 1.35 bits per heavy atom. The number of sulfonamides is 1. The molecule has 3 heterocycles. The summed E-state index contributed by atoms with van der Waals surface area (Å²) >= 11 is 0. The van der Waals surface area contributed by atoms with Gasteiger partial charge in [-0.2, -0.15) is 4.31 Å². The quantitative estimate of drug-likeness (QED) is 0.872. The van der Waals surface area contributed by atoms with Crippen molar-refractivity contribution in [2.75, 3.05) is 26.2 Å². The van der Waals surface area contributed by atoms with Gasteiger partial charge in [-0.25, -0.2) is 13.4 Å². The second-order valence-electron chi connectivity index (χ2n) is 6.30. The van der Waals surface area contributed by atoms with Crippen LogP contribution in [0.1, 0.15) is 13.8 Å². The summed E-state index contributed by atoms with van der Waals surface area (Å²) in [5, 5.41) is 3.51. The fourth-order valence-corrected chi connectivity index (χ4v) is 4.62. The lowest BCUT2D eigenvalue weighted by molar-refractivity contribution is 0.445. The third-order valence-electron chi connectivity index (χ3n) is 4.15. The summed E-state index contributed by atoms with van der Waals surface area (Å²) in [6, 6.07) is 0.